The average molecular weight is 546 g/mol. The van der Waals surface area contributed by atoms with Gasteiger partial charge >= 0.3 is 0 Å². The van der Waals surface area contributed by atoms with Gasteiger partial charge in [-0.05, 0) is 44.4 Å². The standard InChI is InChI=1S/C23H39N5O2.HI/c1-4-24-23(26-14-17-27(2)15-8-18-30-3)25-13-7-11-22(29)28-16-12-20-9-5-6-10-21(20)19-28;/h5-6,9-10H,4,7-8,11-19H2,1-3H3,(H2,24,25,26);1H. The lowest BCUT2D eigenvalue weighted by atomic mass is 9.99. The number of methoxy groups -OCH3 is 1. The highest BCUT2D eigenvalue weighted by molar-refractivity contribution is 14.0. The predicted molar refractivity (Wildman–Crippen MR) is 138 cm³/mol. The molecular formula is C23H40IN5O2. The third kappa shape index (κ3) is 10.7. The maximum atomic E-state index is 12.6. The number of aliphatic imine (C=N–C) groups is 1. The van der Waals surface area contributed by atoms with Crippen LogP contribution in [0.25, 0.3) is 0 Å². The molecule has 0 bridgehead atoms. The molecule has 1 aliphatic rings. The Balaban J connectivity index is 0.00000480. The lowest BCUT2D eigenvalue weighted by molar-refractivity contribution is -0.132. The number of fused-ring (bicyclic) bond motifs is 1. The Morgan fingerprint density at radius 3 is 2.71 bits per heavy atom. The van der Waals surface area contributed by atoms with E-state index in [4.69, 9.17) is 4.74 Å². The average Bonchev–Trinajstić information content (AvgIpc) is 2.76. The molecule has 0 aromatic heterocycles. The second-order valence-electron chi connectivity index (χ2n) is 7.77. The maximum Gasteiger partial charge on any atom is 0.222 e. The smallest absolute Gasteiger partial charge is 0.222 e. The fourth-order valence-corrected chi connectivity index (χ4v) is 3.59. The van der Waals surface area contributed by atoms with Gasteiger partial charge in [-0.1, -0.05) is 24.3 Å². The molecule has 0 aliphatic carbocycles. The number of nitrogens with zero attached hydrogens (tertiary/aromatic N) is 3. The fraction of sp³-hybridized carbons (Fsp3) is 0.652. The largest absolute Gasteiger partial charge is 0.385 e. The molecule has 1 amide bonds. The first-order valence-electron chi connectivity index (χ1n) is 11.2. The number of ether oxygens (including phenoxy) is 1. The van der Waals surface area contributed by atoms with Gasteiger partial charge in [0.15, 0.2) is 5.96 Å². The number of hydrogen-bond donors (Lipinski definition) is 2. The zero-order valence-electron chi connectivity index (χ0n) is 19.4. The number of rotatable bonds is 12. The molecule has 0 atom stereocenters. The van der Waals surface area contributed by atoms with Gasteiger partial charge in [-0.2, -0.15) is 0 Å². The normalized spacial score (nSPS) is 13.5. The van der Waals surface area contributed by atoms with E-state index in [1.165, 1.54) is 11.1 Å². The minimum atomic E-state index is 0. The number of likely N-dealkylation sites (N-methyl/N-ethyl adjacent to an activating group) is 1. The number of carbonyl (C=O) groups excluding carboxylic acids is 1. The van der Waals surface area contributed by atoms with Crippen LogP contribution in [0.15, 0.2) is 29.3 Å². The highest BCUT2D eigenvalue weighted by atomic mass is 127. The summed E-state index contributed by atoms with van der Waals surface area (Å²) in [7, 11) is 3.85. The van der Waals surface area contributed by atoms with Crippen LogP contribution < -0.4 is 10.6 Å². The molecule has 0 fully saturated rings. The number of nitrogens with one attached hydrogen (secondary N) is 2. The summed E-state index contributed by atoms with van der Waals surface area (Å²) in [6.07, 6.45) is 3.31. The number of amides is 1. The van der Waals surface area contributed by atoms with Gasteiger partial charge in [-0.3, -0.25) is 9.79 Å². The molecule has 2 rings (SSSR count). The van der Waals surface area contributed by atoms with Gasteiger partial charge in [0.1, 0.15) is 0 Å². The molecule has 1 aromatic carbocycles. The van der Waals surface area contributed by atoms with Crippen molar-refractivity contribution in [2.45, 2.75) is 39.2 Å². The topological polar surface area (TPSA) is 69.2 Å². The second kappa shape index (κ2) is 16.3. The van der Waals surface area contributed by atoms with Crippen molar-refractivity contribution in [1.29, 1.82) is 0 Å². The molecule has 1 heterocycles. The molecule has 0 unspecified atom stereocenters. The summed E-state index contributed by atoms with van der Waals surface area (Å²) in [6, 6.07) is 8.42. The van der Waals surface area contributed by atoms with Crippen molar-refractivity contribution in [1.82, 2.24) is 20.4 Å². The molecule has 0 spiro atoms. The molecule has 7 nitrogen and oxygen atoms in total. The molecule has 0 saturated carbocycles. The van der Waals surface area contributed by atoms with Crippen molar-refractivity contribution in [3.8, 4) is 0 Å². The van der Waals surface area contributed by atoms with Crippen LogP contribution in [0, 0.1) is 0 Å². The van der Waals surface area contributed by atoms with E-state index in [1.807, 2.05) is 11.0 Å². The molecule has 176 valence electrons. The van der Waals surface area contributed by atoms with Gasteiger partial charge < -0.3 is 25.2 Å². The van der Waals surface area contributed by atoms with E-state index in [0.29, 0.717) is 13.0 Å². The Bertz CT molecular complexity index is 671. The van der Waals surface area contributed by atoms with Gasteiger partial charge in [-0.15, -0.1) is 24.0 Å². The van der Waals surface area contributed by atoms with E-state index < -0.39 is 0 Å². The quantitative estimate of drug-likeness (QED) is 0.183. The molecular weight excluding hydrogens is 505 g/mol. The van der Waals surface area contributed by atoms with Crippen molar-refractivity contribution in [2.75, 3.05) is 60.0 Å². The Kier molecular flexibility index (Phi) is 14.5. The SMILES string of the molecule is CCNC(=NCCCC(=O)N1CCc2ccccc2C1)NCCN(C)CCCOC.I. The molecule has 1 aliphatic heterocycles. The summed E-state index contributed by atoms with van der Waals surface area (Å²) < 4.78 is 5.09. The molecule has 31 heavy (non-hydrogen) atoms. The lowest BCUT2D eigenvalue weighted by Crippen LogP contribution is -2.41. The van der Waals surface area contributed by atoms with Crippen LogP contribution in [0.4, 0.5) is 0 Å². The van der Waals surface area contributed by atoms with Gasteiger partial charge in [0.25, 0.3) is 0 Å². The Morgan fingerprint density at radius 2 is 1.97 bits per heavy atom. The van der Waals surface area contributed by atoms with Gasteiger partial charge in [0.2, 0.25) is 5.91 Å². The lowest BCUT2D eigenvalue weighted by Gasteiger charge is -2.28. The van der Waals surface area contributed by atoms with Crippen molar-refractivity contribution in [3.05, 3.63) is 35.4 Å². The zero-order valence-corrected chi connectivity index (χ0v) is 21.7. The molecule has 0 radical (unpaired) electrons. The van der Waals surface area contributed by atoms with Crippen molar-refractivity contribution in [3.63, 3.8) is 0 Å². The van der Waals surface area contributed by atoms with E-state index in [-0.39, 0.29) is 29.9 Å². The highest BCUT2D eigenvalue weighted by Crippen LogP contribution is 2.19. The van der Waals surface area contributed by atoms with Crippen LogP contribution in [0.1, 0.15) is 37.3 Å². The van der Waals surface area contributed by atoms with E-state index in [2.05, 4.69) is 52.7 Å². The Hall–Kier alpha value is -1.39. The number of carbonyl (C=O) groups is 1. The first-order valence-corrected chi connectivity index (χ1v) is 11.2. The third-order valence-corrected chi connectivity index (χ3v) is 5.32. The number of halogens is 1. The number of benzene rings is 1. The Labute approximate surface area is 205 Å². The number of hydrogen-bond acceptors (Lipinski definition) is 4. The van der Waals surface area contributed by atoms with Crippen LogP contribution in [0.2, 0.25) is 0 Å². The molecule has 0 saturated heterocycles. The van der Waals surface area contributed by atoms with Crippen molar-refractivity contribution in [2.24, 2.45) is 4.99 Å². The van der Waals surface area contributed by atoms with Crippen molar-refractivity contribution >= 4 is 35.8 Å². The fourth-order valence-electron chi connectivity index (χ4n) is 3.59. The highest BCUT2D eigenvalue weighted by Gasteiger charge is 2.19. The van der Waals surface area contributed by atoms with E-state index in [0.717, 1.165) is 71.1 Å². The minimum absolute atomic E-state index is 0. The monoisotopic (exact) mass is 545 g/mol. The summed E-state index contributed by atoms with van der Waals surface area (Å²) in [5, 5.41) is 6.65. The van der Waals surface area contributed by atoms with Crippen LogP contribution in [0.5, 0.6) is 0 Å². The molecule has 1 aromatic rings. The minimum Gasteiger partial charge on any atom is -0.385 e. The zero-order chi connectivity index (χ0) is 21.6. The summed E-state index contributed by atoms with van der Waals surface area (Å²) in [4.78, 5) is 21.5. The van der Waals surface area contributed by atoms with Crippen molar-refractivity contribution < 1.29 is 9.53 Å². The maximum absolute atomic E-state index is 12.6. The Morgan fingerprint density at radius 1 is 1.19 bits per heavy atom. The molecule has 2 N–H and O–H groups in total. The second-order valence-corrected chi connectivity index (χ2v) is 7.77. The summed E-state index contributed by atoms with van der Waals surface area (Å²) in [5.41, 5.74) is 2.65. The van der Waals surface area contributed by atoms with E-state index in [9.17, 15) is 4.79 Å². The summed E-state index contributed by atoms with van der Waals surface area (Å²) in [5.74, 6) is 1.05. The first-order chi connectivity index (χ1) is 14.6. The van der Waals surface area contributed by atoms with Gasteiger partial charge in [0, 0.05) is 66.0 Å². The summed E-state index contributed by atoms with van der Waals surface area (Å²) >= 11 is 0. The number of guanidine groups is 1. The van der Waals surface area contributed by atoms with E-state index in [1.54, 1.807) is 7.11 Å². The van der Waals surface area contributed by atoms with E-state index >= 15 is 0 Å². The summed E-state index contributed by atoms with van der Waals surface area (Å²) in [6.45, 7) is 8.69. The van der Waals surface area contributed by atoms with Gasteiger partial charge in [-0.25, -0.2) is 0 Å². The predicted octanol–water partition coefficient (Wildman–Crippen LogP) is 2.49. The first kappa shape index (κ1) is 27.6. The van der Waals surface area contributed by atoms with Crippen LogP contribution in [-0.4, -0.2) is 81.7 Å². The van der Waals surface area contributed by atoms with Crippen LogP contribution in [-0.2, 0) is 22.5 Å². The van der Waals surface area contributed by atoms with Crippen LogP contribution >= 0.6 is 24.0 Å². The molecule has 8 heteroatoms. The third-order valence-electron chi connectivity index (χ3n) is 5.32. The van der Waals surface area contributed by atoms with Gasteiger partial charge in [0.05, 0.1) is 0 Å². The van der Waals surface area contributed by atoms with Crippen LogP contribution in [0.3, 0.4) is 0 Å².